The highest BCUT2D eigenvalue weighted by Gasteiger charge is 2.11. The number of nitrogens with one attached hydrogen (secondary N) is 1. The first-order chi connectivity index (χ1) is 9.20. The molecule has 1 aromatic carbocycles. The molecule has 19 heavy (non-hydrogen) atoms. The Kier molecular flexibility index (Phi) is 4.07. The predicted molar refractivity (Wildman–Crippen MR) is 74.8 cm³/mol. The number of hydrogen-bond donors (Lipinski definition) is 2. The van der Waals surface area contributed by atoms with Gasteiger partial charge < -0.3 is 11.1 Å². The van der Waals surface area contributed by atoms with Crippen LogP contribution in [0.1, 0.15) is 29.4 Å². The Bertz CT molecular complexity index is 566. The molecule has 1 heterocycles. The molecule has 0 aliphatic rings. The van der Waals surface area contributed by atoms with Crippen molar-refractivity contribution in [2.45, 2.75) is 19.8 Å². The molecule has 0 radical (unpaired) electrons. The average Bonchev–Trinajstić information content (AvgIpc) is 2.42. The van der Waals surface area contributed by atoms with Gasteiger partial charge >= 0.3 is 0 Å². The Morgan fingerprint density at radius 3 is 2.53 bits per heavy atom. The topological polar surface area (TPSA) is 80.9 Å². The van der Waals surface area contributed by atoms with E-state index >= 15 is 0 Å². The molecule has 1 amide bonds. The number of amides is 1. The first-order valence-electron chi connectivity index (χ1n) is 6.17. The third kappa shape index (κ3) is 3.28. The number of anilines is 2. The molecule has 5 nitrogen and oxygen atoms in total. The van der Waals surface area contributed by atoms with Gasteiger partial charge in [-0.2, -0.15) is 0 Å². The fourth-order valence-electron chi connectivity index (χ4n) is 1.76. The molecule has 0 aliphatic carbocycles. The zero-order valence-corrected chi connectivity index (χ0v) is 10.8. The van der Waals surface area contributed by atoms with Gasteiger partial charge in [0.2, 0.25) is 0 Å². The molecule has 0 unspecified atom stereocenters. The average molecular weight is 256 g/mol. The van der Waals surface area contributed by atoms with Crippen LogP contribution in [0, 0.1) is 0 Å². The van der Waals surface area contributed by atoms with E-state index in [1.54, 1.807) is 0 Å². The fraction of sp³-hybridized carbons (Fsp3) is 0.214. The van der Waals surface area contributed by atoms with Crippen LogP contribution in [0.5, 0.6) is 0 Å². The van der Waals surface area contributed by atoms with Crippen molar-refractivity contribution in [1.82, 2.24) is 9.97 Å². The number of aromatic nitrogens is 2. The van der Waals surface area contributed by atoms with Gasteiger partial charge in [0.25, 0.3) is 5.91 Å². The van der Waals surface area contributed by atoms with Crippen LogP contribution in [0.25, 0.3) is 0 Å². The third-order valence-electron chi connectivity index (χ3n) is 2.69. The van der Waals surface area contributed by atoms with Gasteiger partial charge in [-0.3, -0.25) is 4.79 Å². The van der Waals surface area contributed by atoms with E-state index in [9.17, 15) is 4.79 Å². The summed E-state index contributed by atoms with van der Waals surface area (Å²) in [5, 5.41) is 2.75. The molecule has 0 saturated carbocycles. The van der Waals surface area contributed by atoms with Crippen LogP contribution in [0.3, 0.4) is 0 Å². The van der Waals surface area contributed by atoms with Crippen LogP contribution >= 0.6 is 0 Å². The van der Waals surface area contributed by atoms with Crippen molar-refractivity contribution in [2.75, 3.05) is 11.1 Å². The van der Waals surface area contributed by atoms with E-state index in [-0.39, 0.29) is 17.4 Å². The number of hydrogen-bond acceptors (Lipinski definition) is 4. The number of carbonyl (C=O) groups is 1. The van der Waals surface area contributed by atoms with Crippen LogP contribution in [-0.2, 0) is 6.42 Å². The zero-order valence-electron chi connectivity index (χ0n) is 10.8. The van der Waals surface area contributed by atoms with Crippen molar-refractivity contribution in [1.29, 1.82) is 0 Å². The van der Waals surface area contributed by atoms with Crippen molar-refractivity contribution >= 4 is 17.4 Å². The second-order valence-corrected chi connectivity index (χ2v) is 4.19. The zero-order chi connectivity index (χ0) is 13.7. The summed E-state index contributed by atoms with van der Waals surface area (Å²) in [6.07, 6.45) is 5.02. The molecule has 0 fully saturated rings. The summed E-state index contributed by atoms with van der Waals surface area (Å²) in [6.45, 7) is 2.13. The Hall–Kier alpha value is -2.43. The summed E-state index contributed by atoms with van der Waals surface area (Å²) in [5.74, 6) is -0.226. The SMILES string of the molecule is CCCc1ccc(NC(=O)c2nccnc2N)cc1. The number of rotatable bonds is 4. The monoisotopic (exact) mass is 256 g/mol. The molecule has 1 aromatic heterocycles. The lowest BCUT2D eigenvalue weighted by molar-refractivity contribution is 0.102. The quantitative estimate of drug-likeness (QED) is 0.879. The second-order valence-electron chi connectivity index (χ2n) is 4.19. The van der Waals surface area contributed by atoms with E-state index in [4.69, 9.17) is 5.73 Å². The maximum Gasteiger partial charge on any atom is 0.278 e. The minimum Gasteiger partial charge on any atom is -0.382 e. The van der Waals surface area contributed by atoms with Crippen LogP contribution in [0.2, 0.25) is 0 Å². The van der Waals surface area contributed by atoms with Gasteiger partial charge in [0.05, 0.1) is 0 Å². The Morgan fingerprint density at radius 1 is 1.21 bits per heavy atom. The van der Waals surface area contributed by atoms with Crippen LogP contribution in [0.4, 0.5) is 11.5 Å². The van der Waals surface area contributed by atoms with Gasteiger partial charge in [0, 0.05) is 18.1 Å². The van der Waals surface area contributed by atoms with Gasteiger partial charge in [-0.15, -0.1) is 0 Å². The molecular weight excluding hydrogens is 240 g/mol. The molecule has 5 heteroatoms. The molecular formula is C14H16N4O. The minimum atomic E-state index is -0.353. The van der Waals surface area contributed by atoms with Gasteiger partial charge in [0.15, 0.2) is 11.5 Å². The van der Waals surface area contributed by atoms with E-state index in [0.717, 1.165) is 18.5 Å². The summed E-state index contributed by atoms with van der Waals surface area (Å²) in [4.78, 5) is 19.7. The standard InChI is InChI=1S/C14H16N4O/c1-2-3-10-4-6-11(7-5-10)18-14(19)12-13(15)17-9-8-16-12/h4-9H,2-3H2,1H3,(H2,15,17)(H,18,19). The normalized spacial score (nSPS) is 10.2. The second kappa shape index (κ2) is 5.95. The maximum absolute atomic E-state index is 12.0. The van der Waals surface area contributed by atoms with Gasteiger partial charge in [-0.05, 0) is 24.1 Å². The highest BCUT2D eigenvalue weighted by molar-refractivity contribution is 6.05. The van der Waals surface area contributed by atoms with E-state index in [1.165, 1.54) is 18.0 Å². The molecule has 98 valence electrons. The van der Waals surface area contributed by atoms with Crippen LogP contribution < -0.4 is 11.1 Å². The van der Waals surface area contributed by atoms with E-state index in [0.29, 0.717) is 0 Å². The molecule has 0 spiro atoms. The highest BCUT2D eigenvalue weighted by atomic mass is 16.1. The lowest BCUT2D eigenvalue weighted by Crippen LogP contribution is -2.16. The number of nitrogen functional groups attached to an aromatic ring is 1. The summed E-state index contributed by atoms with van der Waals surface area (Å²) in [7, 11) is 0. The fourth-order valence-corrected chi connectivity index (χ4v) is 1.76. The van der Waals surface area contributed by atoms with Crippen LogP contribution in [-0.4, -0.2) is 15.9 Å². The van der Waals surface area contributed by atoms with Crippen molar-refractivity contribution in [3.63, 3.8) is 0 Å². The van der Waals surface area contributed by atoms with Crippen molar-refractivity contribution in [2.24, 2.45) is 0 Å². The van der Waals surface area contributed by atoms with Crippen molar-refractivity contribution < 1.29 is 4.79 Å². The summed E-state index contributed by atoms with van der Waals surface area (Å²) < 4.78 is 0. The number of benzene rings is 1. The first kappa shape index (κ1) is 13.0. The van der Waals surface area contributed by atoms with Gasteiger partial charge in [-0.25, -0.2) is 9.97 Å². The minimum absolute atomic E-state index is 0.127. The molecule has 2 aromatic rings. The number of nitrogens with zero attached hydrogens (tertiary/aromatic N) is 2. The highest BCUT2D eigenvalue weighted by Crippen LogP contribution is 2.13. The lowest BCUT2D eigenvalue weighted by atomic mass is 10.1. The van der Waals surface area contributed by atoms with Gasteiger partial charge in [-0.1, -0.05) is 25.5 Å². The Labute approximate surface area is 111 Å². The Morgan fingerprint density at radius 2 is 1.89 bits per heavy atom. The number of nitrogens with two attached hydrogens (primary N) is 1. The number of aryl methyl sites for hydroxylation is 1. The molecule has 0 saturated heterocycles. The molecule has 2 rings (SSSR count). The number of carbonyl (C=O) groups excluding carboxylic acids is 1. The molecule has 0 aliphatic heterocycles. The van der Waals surface area contributed by atoms with Crippen molar-refractivity contribution in [3.05, 3.63) is 47.9 Å². The molecule has 3 N–H and O–H groups in total. The third-order valence-corrected chi connectivity index (χ3v) is 2.69. The maximum atomic E-state index is 12.0. The molecule has 0 bridgehead atoms. The first-order valence-corrected chi connectivity index (χ1v) is 6.17. The Balaban J connectivity index is 2.09. The largest absolute Gasteiger partial charge is 0.382 e. The molecule has 0 atom stereocenters. The van der Waals surface area contributed by atoms with Crippen molar-refractivity contribution in [3.8, 4) is 0 Å². The van der Waals surface area contributed by atoms with Gasteiger partial charge in [0.1, 0.15) is 0 Å². The van der Waals surface area contributed by atoms with E-state index in [1.807, 2.05) is 24.3 Å². The lowest BCUT2D eigenvalue weighted by Gasteiger charge is -2.06. The smallest absolute Gasteiger partial charge is 0.278 e. The van der Waals surface area contributed by atoms with Crippen LogP contribution in [0.15, 0.2) is 36.7 Å². The summed E-state index contributed by atoms with van der Waals surface area (Å²) >= 11 is 0. The summed E-state index contributed by atoms with van der Waals surface area (Å²) in [6, 6.07) is 7.74. The summed E-state index contributed by atoms with van der Waals surface area (Å²) in [5.41, 5.74) is 7.71. The van der Waals surface area contributed by atoms with E-state index < -0.39 is 0 Å². The van der Waals surface area contributed by atoms with E-state index in [2.05, 4.69) is 22.2 Å². The predicted octanol–water partition coefficient (Wildman–Crippen LogP) is 2.26.